The van der Waals surface area contributed by atoms with Crippen molar-refractivity contribution in [1.82, 2.24) is 4.90 Å². The Kier molecular flexibility index (Phi) is 5.57. The minimum Gasteiger partial charge on any atom is -0.478 e. The zero-order valence-corrected chi connectivity index (χ0v) is 16.1. The molecule has 0 bridgehead atoms. The Morgan fingerprint density at radius 2 is 1.75 bits per heavy atom. The molecule has 1 aliphatic heterocycles. The fourth-order valence-corrected chi connectivity index (χ4v) is 4.19. The number of sulfonamides is 1. The van der Waals surface area contributed by atoms with Gasteiger partial charge in [-0.25, -0.2) is 17.6 Å². The standard InChI is InChI=1S/C18H16ClFN2O5S/c19-11-3-6-16(14(9-11)17(23)22-7-1-2-8-22)21-28(26,27)12-4-5-15(20)13(10-12)18(24)25/h3-6,9-10,21H,1-2,7-8H2,(H,24,25). The second-order valence-electron chi connectivity index (χ2n) is 6.24. The maximum absolute atomic E-state index is 13.6. The van der Waals surface area contributed by atoms with E-state index in [1.165, 1.54) is 18.2 Å². The Hall–Kier alpha value is -2.65. The Labute approximate surface area is 165 Å². The molecule has 1 amide bonds. The molecule has 2 aromatic rings. The molecule has 0 unspecified atom stereocenters. The molecular formula is C18H16ClFN2O5S. The van der Waals surface area contributed by atoms with Gasteiger partial charge in [0.15, 0.2) is 0 Å². The molecule has 0 atom stereocenters. The summed E-state index contributed by atoms with van der Waals surface area (Å²) in [6.45, 7) is 1.13. The van der Waals surface area contributed by atoms with Crippen LogP contribution in [-0.4, -0.2) is 43.4 Å². The lowest BCUT2D eigenvalue weighted by Gasteiger charge is -2.19. The van der Waals surface area contributed by atoms with Crippen molar-refractivity contribution in [2.75, 3.05) is 17.8 Å². The number of halogens is 2. The van der Waals surface area contributed by atoms with Gasteiger partial charge in [-0.1, -0.05) is 11.6 Å². The summed E-state index contributed by atoms with van der Waals surface area (Å²) in [7, 11) is -4.27. The molecule has 0 aliphatic carbocycles. The summed E-state index contributed by atoms with van der Waals surface area (Å²) in [6.07, 6.45) is 1.72. The first-order chi connectivity index (χ1) is 13.2. The van der Waals surface area contributed by atoms with Gasteiger partial charge in [0.2, 0.25) is 0 Å². The molecule has 2 N–H and O–H groups in total. The molecule has 1 heterocycles. The maximum atomic E-state index is 13.6. The predicted octanol–water partition coefficient (Wildman–Crippen LogP) is 3.21. The average Bonchev–Trinajstić information content (AvgIpc) is 3.17. The van der Waals surface area contributed by atoms with Crippen LogP contribution in [0.1, 0.15) is 33.6 Å². The third-order valence-electron chi connectivity index (χ3n) is 4.33. The van der Waals surface area contributed by atoms with Crippen LogP contribution < -0.4 is 4.72 Å². The van der Waals surface area contributed by atoms with E-state index in [0.717, 1.165) is 31.0 Å². The topological polar surface area (TPSA) is 104 Å². The summed E-state index contributed by atoms with van der Waals surface area (Å²) in [6, 6.07) is 6.57. The van der Waals surface area contributed by atoms with Gasteiger partial charge in [0.1, 0.15) is 5.82 Å². The van der Waals surface area contributed by atoms with E-state index in [-0.39, 0.29) is 22.2 Å². The molecular weight excluding hydrogens is 411 g/mol. The largest absolute Gasteiger partial charge is 0.478 e. The number of hydrogen-bond donors (Lipinski definition) is 2. The number of carbonyl (C=O) groups excluding carboxylic acids is 1. The third-order valence-corrected chi connectivity index (χ3v) is 5.93. The number of likely N-dealkylation sites (tertiary alicyclic amines) is 1. The van der Waals surface area contributed by atoms with Crippen LogP contribution in [0, 0.1) is 5.82 Å². The van der Waals surface area contributed by atoms with Gasteiger partial charge in [-0.2, -0.15) is 0 Å². The van der Waals surface area contributed by atoms with E-state index in [9.17, 15) is 22.4 Å². The predicted molar refractivity (Wildman–Crippen MR) is 101 cm³/mol. The number of carboxylic acids is 1. The van der Waals surface area contributed by atoms with E-state index >= 15 is 0 Å². The normalized spacial score (nSPS) is 14.1. The number of amides is 1. The lowest BCUT2D eigenvalue weighted by atomic mass is 10.1. The van der Waals surface area contributed by atoms with Gasteiger partial charge in [0.25, 0.3) is 15.9 Å². The van der Waals surface area contributed by atoms with Gasteiger partial charge in [-0.15, -0.1) is 0 Å². The number of hydrogen-bond acceptors (Lipinski definition) is 4. The first kappa shape index (κ1) is 20.1. The van der Waals surface area contributed by atoms with Gasteiger partial charge in [-0.05, 0) is 49.2 Å². The number of nitrogens with zero attached hydrogens (tertiary/aromatic N) is 1. The highest BCUT2D eigenvalue weighted by Gasteiger charge is 2.25. The van der Waals surface area contributed by atoms with E-state index in [4.69, 9.17) is 16.7 Å². The first-order valence-electron chi connectivity index (χ1n) is 8.33. The zero-order chi connectivity index (χ0) is 20.5. The summed E-state index contributed by atoms with van der Waals surface area (Å²) in [5, 5.41) is 9.26. The van der Waals surface area contributed by atoms with Crippen molar-refractivity contribution in [3.05, 3.63) is 58.4 Å². The molecule has 148 valence electrons. The SMILES string of the molecule is O=C(O)c1cc(S(=O)(=O)Nc2ccc(Cl)cc2C(=O)N2CCCC2)ccc1F. The number of anilines is 1. The van der Waals surface area contributed by atoms with Crippen LogP contribution in [0.3, 0.4) is 0 Å². The second kappa shape index (κ2) is 7.76. The van der Waals surface area contributed by atoms with Gasteiger partial charge >= 0.3 is 5.97 Å². The fraction of sp³-hybridized carbons (Fsp3) is 0.222. The average molecular weight is 427 g/mol. The lowest BCUT2D eigenvalue weighted by Crippen LogP contribution is -2.29. The summed E-state index contributed by atoms with van der Waals surface area (Å²) < 4.78 is 41.2. The zero-order valence-electron chi connectivity index (χ0n) is 14.5. The van der Waals surface area contributed by atoms with E-state index < -0.39 is 32.3 Å². The molecule has 7 nitrogen and oxygen atoms in total. The van der Waals surface area contributed by atoms with Crippen LogP contribution in [0.15, 0.2) is 41.3 Å². The molecule has 3 rings (SSSR count). The number of carboxylic acid groups (broad SMARTS) is 1. The summed E-state index contributed by atoms with van der Waals surface area (Å²) in [5.74, 6) is -3.00. The van der Waals surface area contributed by atoms with Crippen molar-refractivity contribution >= 4 is 39.2 Å². The number of aromatic carboxylic acids is 1. The van der Waals surface area contributed by atoms with Crippen molar-refractivity contribution in [2.45, 2.75) is 17.7 Å². The first-order valence-corrected chi connectivity index (χ1v) is 10.2. The van der Waals surface area contributed by atoms with Crippen LogP contribution in [0.25, 0.3) is 0 Å². The second-order valence-corrected chi connectivity index (χ2v) is 8.36. The quantitative estimate of drug-likeness (QED) is 0.764. The monoisotopic (exact) mass is 426 g/mol. The molecule has 28 heavy (non-hydrogen) atoms. The molecule has 1 saturated heterocycles. The summed E-state index contributed by atoms with van der Waals surface area (Å²) in [4.78, 5) is 25.0. The Bertz CT molecular complexity index is 1050. The highest BCUT2D eigenvalue weighted by molar-refractivity contribution is 7.92. The lowest BCUT2D eigenvalue weighted by molar-refractivity contribution is 0.0690. The molecule has 0 radical (unpaired) electrons. The molecule has 0 saturated carbocycles. The van der Waals surface area contributed by atoms with E-state index in [1.807, 2.05) is 0 Å². The van der Waals surface area contributed by atoms with E-state index in [0.29, 0.717) is 13.1 Å². The summed E-state index contributed by atoms with van der Waals surface area (Å²) in [5.41, 5.74) is -0.687. The smallest absolute Gasteiger partial charge is 0.338 e. The van der Waals surface area contributed by atoms with Gasteiger partial charge < -0.3 is 10.0 Å². The Morgan fingerprint density at radius 3 is 2.39 bits per heavy atom. The molecule has 2 aromatic carbocycles. The molecule has 1 aliphatic rings. The number of carbonyl (C=O) groups is 2. The minimum absolute atomic E-state index is 0.00231. The maximum Gasteiger partial charge on any atom is 0.338 e. The molecule has 1 fully saturated rings. The van der Waals surface area contributed by atoms with Crippen LogP contribution in [-0.2, 0) is 10.0 Å². The minimum atomic E-state index is -4.27. The molecule has 0 aromatic heterocycles. The van der Waals surface area contributed by atoms with Gasteiger partial charge in [0, 0.05) is 18.1 Å². The number of benzene rings is 2. The van der Waals surface area contributed by atoms with Crippen LogP contribution in [0.4, 0.5) is 10.1 Å². The number of rotatable bonds is 5. The van der Waals surface area contributed by atoms with Crippen molar-refractivity contribution < 1.29 is 27.5 Å². The van der Waals surface area contributed by atoms with E-state index in [2.05, 4.69) is 4.72 Å². The van der Waals surface area contributed by atoms with E-state index in [1.54, 1.807) is 4.90 Å². The third kappa shape index (κ3) is 4.10. The Morgan fingerprint density at radius 1 is 1.07 bits per heavy atom. The van der Waals surface area contributed by atoms with Gasteiger partial charge in [0.05, 0.1) is 21.7 Å². The van der Waals surface area contributed by atoms with Crippen molar-refractivity contribution in [3.8, 4) is 0 Å². The highest BCUT2D eigenvalue weighted by Crippen LogP contribution is 2.27. The Balaban J connectivity index is 1.98. The van der Waals surface area contributed by atoms with Crippen molar-refractivity contribution in [3.63, 3.8) is 0 Å². The fourth-order valence-electron chi connectivity index (χ4n) is 2.91. The molecule has 0 spiro atoms. The summed E-state index contributed by atoms with van der Waals surface area (Å²) >= 11 is 5.97. The van der Waals surface area contributed by atoms with Crippen molar-refractivity contribution in [1.29, 1.82) is 0 Å². The van der Waals surface area contributed by atoms with Gasteiger partial charge in [-0.3, -0.25) is 9.52 Å². The highest BCUT2D eigenvalue weighted by atomic mass is 35.5. The van der Waals surface area contributed by atoms with Crippen LogP contribution in [0.5, 0.6) is 0 Å². The van der Waals surface area contributed by atoms with Crippen LogP contribution in [0.2, 0.25) is 5.02 Å². The number of nitrogens with one attached hydrogen (secondary N) is 1. The molecule has 10 heteroatoms. The van der Waals surface area contributed by atoms with Crippen molar-refractivity contribution in [2.24, 2.45) is 0 Å². The van der Waals surface area contributed by atoms with Crippen LogP contribution >= 0.6 is 11.6 Å².